The molecule has 2 aromatic heterocycles. The molecule has 0 saturated carbocycles. The molecule has 0 unspecified atom stereocenters. The summed E-state index contributed by atoms with van der Waals surface area (Å²) in [4.78, 5) is 8.95. The van der Waals surface area contributed by atoms with Crippen LogP contribution >= 0.6 is 0 Å². The number of rotatable bonds is 4. The number of nitrogens with one attached hydrogen (secondary N) is 1. The zero-order valence-electron chi connectivity index (χ0n) is 18.3. The first-order valence-corrected chi connectivity index (χ1v) is 10.8. The Kier molecular flexibility index (Phi) is 5.32. The third-order valence-electron chi connectivity index (χ3n) is 6.19. The number of halogens is 3. The van der Waals surface area contributed by atoms with Gasteiger partial charge in [0.25, 0.3) is 0 Å². The molecule has 1 aliphatic heterocycles. The molecule has 0 spiro atoms. The zero-order chi connectivity index (χ0) is 23.2. The lowest BCUT2D eigenvalue weighted by atomic mass is 9.97. The molecular weight excluding hydrogens is 429 g/mol. The second-order valence-electron chi connectivity index (χ2n) is 8.25. The first-order chi connectivity index (χ1) is 15.8. The van der Waals surface area contributed by atoms with Crippen LogP contribution in [0.1, 0.15) is 41.6 Å². The van der Waals surface area contributed by atoms with Gasteiger partial charge in [0, 0.05) is 5.39 Å². The highest BCUT2D eigenvalue weighted by Crippen LogP contribution is 2.36. The second-order valence-corrected chi connectivity index (χ2v) is 8.25. The van der Waals surface area contributed by atoms with Crippen molar-refractivity contribution in [2.45, 2.75) is 32.5 Å². The lowest BCUT2D eigenvalue weighted by Crippen LogP contribution is -2.14. The Morgan fingerprint density at radius 3 is 2.79 bits per heavy atom. The fourth-order valence-electron chi connectivity index (χ4n) is 4.48. The summed E-state index contributed by atoms with van der Waals surface area (Å²) in [6.07, 6.45) is 1.89. The number of anilines is 1. The number of nitrogens with zero attached hydrogens (tertiary/aromatic N) is 3. The summed E-state index contributed by atoms with van der Waals surface area (Å²) in [6, 6.07) is 10.1. The SMILES string of the molecule is Cc1c([C@@H](C)Nc2nc3cncn3c3ccc(C4=CCOCC4)cc23)cccc1C(F)(F)F. The molecule has 0 amide bonds. The van der Waals surface area contributed by atoms with E-state index >= 15 is 0 Å². The van der Waals surface area contributed by atoms with Crippen molar-refractivity contribution in [3.8, 4) is 0 Å². The lowest BCUT2D eigenvalue weighted by molar-refractivity contribution is -0.138. The van der Waals surface area contributed by atoms with Crippen LogP contribution in [0.2, 0.25) is 0 Å². The molecule has 4 aromatic rings. The van der Waals surface area contributed by atoms with Crippen LogP contribution in [0.4, 0.5) is 19.0 Å². The van der Waals surface area contributed by atoms with Crippen molar-refractivity contribution in [1.82, 2.24) is 14.4 Å². The number of fused-ring (bicyclic) bond motifs is 3. The van der Waals surface area contributed by atoms with Crippen molar-refractivity contribution in [2.75, 3.05) is 18.5 Å². The van der Waals surface area contributed by atoms with E-state index in [1.165, 1.54) is 18.6 Å². The minimum atomic E-state index is -4.40. The Bertz CT molecular complexity index is 1370. The van der Waals surface area contributed by atoms with Gasteiger partial charge in [-0.05, 0) is 60.7 Å². The molecule has 1 N–H and O–H groups in total. The van der Waals surface area contributed by atoms with Crippen LogP contribution in [-0.2, 0) is 10.9 Å². The van der Waals surface area contributed by atoms with Gasteiger partial charge < -0.3 is 10.1 Å². The summed E-state index contributed by atoms with van der Waals surface area (Å²) in [5.74, 6) is 0.608. The van der Waals surface area contributed by atoms with E-state index in [-0.39, 0.29) is 11.6 Å². The standard InChI is InChI=1S/C25H23F3N4O/c1-15-19(4-3-5-21(15)25(26,27)28)16(2)30-24-20-12-18(17-8-10-33-11-9-17)6-7-22(20)32-14-29-13-23(32)31-24/h3-8,12-14,16H,9-11H2,1-2H3,(H,30,31)/t16-/m1/s1. The highest BCUT2D eigenvalue weighted by Gasteiger charge is 2.33. The summed E-state index contributed by atoms with van der Waals surface area (Å²) >= 11 is 0. The molecule has 1 aliphatic rings. The first kappa shape index (κ1) is 21.5. The number of alkyl halides is 3. The third kappa shape index (κ3) is 3.95. The molecule has 3 heterocycles. The lowest BCUT2D eigenvalue weighted by Gasteiger charge is -2.21. The van der Waals surface area contributed by atoms with Crippen molar-refractivity contribution in [3.63, 3.8) is 0 Å². The van der Waals surface area contributed by atoms with Gasteiger partial charge in [-0.25, -0.2) is 9.97 Å². The summed E-state index contributed by atoms with van der Waals surface area (Å²) in [5.41, 5.74) is 4.05. The Balaban J connectivity index is 1.60. The van der Waals surface area contributed by atoms with E-state index in [0.717, 1.165) is 29.0 Å². The van der Waals surface area contributed by atoms with Crippen molar-refractivity contribution >= 4 is 27.9 Å². The summed E-state index contributed by atoms with van der Waals surface area (Å²) < 4.78 is 47.6. The Morgan fingerprint density at radius 1 is 1.18 bits per heavy atom. The predicted molar refractivity (Wildman–Crippen MR) is 122 cm³/mol. The highest BCUT2D eigenvalue weighted by molar-refractivity contribution is 5.94. The van der Waals surface area contributed by atoms with Crippen molar-refractivity contribution in [1.29, 1.82) is 0 Å². The maximum Gasteiger partial charge on any atom is 0.416 e. The third-order valence-corrected chi connectivity index (χ3v) is 6.19. The van der Waals surface area contributed by atoms with Crippen LogP contribution in [0.15, 0.2) is 55.0 Å². The van der Waals surface area contributed by atoms with Gasteiger partial charge in [0.1, 0.15) is 12.1 Å². The van der Waals surface area contributed by atoms with Crippen molar-refractivity contribution in [2.24, 2.45) is 0 Å². The van der Waals surface area contributed by atoms with Gasteiger partial charge in [0.05, 0.1) is 36.5 Å². The average Bonchev–Trinajstić information content (AvgIpc) is 3.27. The van der Waals surface area contributed by atoms with E-state index in [2.05, 4.69) is 28.5 Å². The maximum absolute atomic E-state index is 13.4. The van der Waals surface area contributed by atoms with Gasteiger partial charge in [-0.1, -0.05) is 24.3 Å². The molecule has 8 heteroatoms. The normalized spacial score (nSPS) is 15.6. The monoisotopic (exact) mass is 452 g/mol. The molecule has 5 rings (SSSR count). The zero-order valence-corrected chi connectivity index (χ0v) is 18.3. The molecule has 5 nitrogen and oxygen atoms in total. The van der Waals surface area contributed by atoms with Gasteiger partial charge in [-0.15, -0.1) is 0 Å². The van der Waals surface area contributed by atoms with E-state index in [1.807, 2.05) is 17.4 Å². The fourth-order valence-corrected chi connectivity index (χ4v) is 4.48. The van der Waals surface area contributed by atoms with Crippen LogP contribution in [0.5, 0.6) is 0 Å². The average molecular weight is 452 g/mol. The van der Waals surface area contributed by atoms with Gasteiger partial charge in [0.2, 0.25) is 0 Å². The highest BCUT2D eigenvalue weighted by atomic mass is 19.4. The topological polar surface area (TPSA) is 51.5 Å². The van der Waals surface area contributed by atoms with Crippen LogP contribution in [0.3, 0.4) is 0 Å². The molecule has 0 radical (unpaired) electrons. The fraction of sp³-hybridized carbons (Fsp3) is 0.280. The molecule has 1 atom stereocenters. The summed E-state index contributed by atoms with van der Waals surface area (Å²) in [6.45, 7) is 4.63. The van der Waals surface area contributed by atoms with Crippen LogP contribution in [-0.4, -0.2) is 27.6 Å². The minimum absolute atomic E-state index is 0.216. The molecular formula is C25H23F3N4O. The second kappa shape index (κ2) is 8.19. The Morgan fingerprint density at radius 2 is 2.03 bits per heavy atom. The van der Waals surface area contributed by atoms with Crippen molar-refractivity contribution < 1.29 is 17.9 Å². The number of imidazole rings is 1. The predicted octanol–water partition coefficient (Wildman–Crippen LogP) is 6.19. The van der Waals surface area contributed by atoms with Crippen molar-refractivity contribution in [3.05, 3.63) is 77.3 Å². The number of hydrogen-bond donors (Lipinski definition) is 1. The number of hydrogen-bond acceptors (Lipinski definition) is 4. The van der Waals surface area contributed by atoms with Gasteiger partial charge in [0.15, 0.2) is 5.65 Å². The van der Waals surface area contributed by atoms with E-state index in [9.17, 15) is 13.2 Å². The molecule has 0 saturated heterocycles. The quantitative estimate of drug-likeness (QED) is 0.401. The minimum Gasteiger partial charge on any atom is -0.377 e. The Hall–Kier alpha value is -3.39. The molecule has 170 valence electrons. The van der Waals surface area contributed by atoms with Crippen LogP contribution in [0, 0.1) is 6.92 Å². The van der Waals surface area contributed by atoms with Crippen LogP contribution in [0.25, 0.3) is 22.1 Å². The summed E-state index contributed by atoms with van der Waals surface area (Å²) in [7, 11) is 0. The van der Waals surface area contributed by atoms with Crippen LogP contribution < -0.4 is 5.32 Å². The first-order valence-electron chi connectivity index (χ1n) is 10.8. The van der Waals surface area contributed by atoms with Gasteiger partial charge in [-0.3, -0.25) is 4.40 Å². The van der Waals surface area contributed by atoms with E-state index in [4.69, 9.17) is 9.72 Å². The molecule has 0 fully saturated rings. The smallest absolute Gasteiger partial charge is 0.377 e. The summed E-state index contributed by atoms with van der Waals surface area (Å²) in [5, 5.41) is 4.25. The number of benzene rings is 2. The molecule has 33 heavy (non-hydrogen) atoms. The molecule has 0 bridgehead atoms. The molecule has 0 aliphatic carbocycles. The number of aromatic nitrogens is 3. The largest absolute Gasteiger partial charge is 0.416 e. The van der Waals surface area contributed by atoms with E-state index < -0.39 is 11.7 Å². The van der Waals surface area contributed by atoms with E-state index in [1.54, 1.807) is 18.6 Å². The van der Waals surface area contributed by atoms with Gasteiger partial charge in [-0.2, -0.15) is 13.2 Å². The molecule has 2 aromatic carbocycles. The maximum atomic E-state index is 13.4. The van der Waals surface area contributed by atoms with Gasteiger partial charge >= 0.3 is 6.18 Å². The number of ether oxygens (including phenoxy) is 1. The van der Waals surface area contributed by atoms with E-state index in [0.29, 0.717) is 30.2 Å². The Labute approximate surface area is 188 Å².